The van der Waals surface area contributed by atoms with Crippen molar-refractivity contribution < 1.29 is 26.3 Å². The van der Waals surface area contributed by atoms with E-state index in [-0.39, 0.29) is 31.0 Å². The average Bonchev–Trinajstić information content (AvgIpc) is 2.82. The van der Waals surface area contributed by atoms with Crippen LogP contribution in [-0.2, 0) is 6.18 Å². The molecular formula is C14H13F6N3. The zero-order valence-corrected chi connectivity index (χ0v) is 12.1. The molecule has 1 aliphatic heterocycles. The molecule has 1 fully saturated rings. The van der Waals surface area contributed by atoms with Crippen LogP contribution in [0.2, 0.25) is 0 Å². The molecule has 126 valence electrons. The van der Waals surface area contributed by atoms with Gasteiger partial charge in [0.25, 0.3) is 0 Å². The van der Waals surface area contributed by atoms with Crippen molar-refractivity contribution in [1.82, 2.24) is 4.98 Å². The summed E-state index contributed by atoms with van der Waals surface area (Å²) in [6, 6.07) is 2.22. The molecule has 0 saturated carbocycles. The van der Waals surface area contributed by atoms with Crippen molar-refractivity contribution in [3.63, 3.8) is 0 Å². The number of nitrogens with zero attached hydrogens (tertiary/aromatic N) is 3. The van der Waals surface area contributed by atoms with Crippen LogP contribution < -0.4 is 4.90 Å². The second kappa shape index (κ2) is 5.91. The molecule has 0 amide bonds. The van der Waals surface area contributed by atoms with E-state index in [9.17, 15) is 26.3 Å². The maximum Gasteiger partial charge on any atom is 0.417 e. The molecule has 0 bridgehead atoms. The Morgan fingerprint density at radius 2 is 1.96 bits per heavy atom. The monoisotopic (exact) mass is 337 g/mol. The number of pyridine rings is 1. The number of anilines is 1. The molecule has 9 heteroatoms. The van der Waals surface area contributed by atoms with Crippen molar-refractivity contribution in [2.24, 2.45) is 5.92 Å². The van der Waals surface area contributed by atoms with Crippen LogP contribution in [-0.4, -0.2) is 24.2 Å². The lowest BCUT2D eigenvalue weighted by atomic mass is 10.1. The van der Waals surface area contributed by atoms with Crippen LogP contribution in [0.15, 0.2) is 6.07 Å². The number of halogens is 6. The lowest BCUT2D eigenvalue weighted by Crippen LogP contribution is -2.24. The minimum Gasteiger partial charge on any atom is -0.356 e. The maximum absolute atomic E-state index is 13.0. The first kappa shape index (κ1) is 17.4. The summed E-state index contributed by atoms with van der Waals surface area (Å²) in [5.41, 5.74) is -1.76. The van der Waals surface area contributed by atoms with E-state index in [4.69, 9.17) is 5.26 Å². The highest BCUT2D eigenvalue weighted by Gasteiger charge is 2.38. The largest absolute Gasteiger partial charge is 0.417 e. The highest BCUT2D eigenvalue weighted by Crippen LogP contribution is 2.37. The third-order valence-electron chi connectivity index (χ3n) is 3.73. The van der Waals surface area contributed by atoms with Gasteiger partial charge in [0.2, 0.25) is 0 Å². The fraction of sp³-hybridized carbons (Fsp3) is 0.571. The Labute approximate surface area is 128 Å². The molecule has 1 atom stereocenters. The van der Waals surface area contributed by atoms with E-state index < -0.39 is 35.8 Å². The number of nitriles is 1. The van der Waals surface area contributed by atoms with Crippen molar-refractivity contribution in [1.29, 1.82) is 5.26 Å². The van der Waals surface area contributed by atoms with Crippen LogP contribution in [0.25, 0.3) is 0 Å². The molecule has 1 saturated heterocycles. The number of hydrogen-bond donors (Lipinski definition) is 0. The van der Waals surface area contributed by atoms with Gasteiger partial charge in [0, 0.05) is 19.5 Å². The fourth-order valence-electron chi connectivity index (χ4n) is 2.72. The minimum atomic E-state index is -4.72. The van der Waals surface area contributed by atoms with Gasteiger partial charge in [0.15, 0.2) is 0 Å². The average molecular weight is 337 g/mol. The molecule has 3 nitrogen and oxygen atoms in total. The van der Waals surface area contributed by atoms with E-state index in [1.54, 1.807) is 0 Å². The van der Waals surface area contributed by atoms with Crippen LogP contribution in [0.4, 0.5) is 32.2 Å². The minimum absolute atomic E-state index is 0.00481. The van der Waals surface area contributed by atoms with Crippen LogP contribution in [0.1, 0.15) is 29.7 Å². The van der Waals surface area contributed by atoms with Gasteiger partial charge in [-0.25, -0.2) is 4.98 Å². The summed E-state index contributed by atoms with van der Waals surface area (Å²) < 4.78 is 76.3. The summed E-state index contributed by atoms with van der Waals surface area (Å²) in [6.45, 7) is 1.48. The molecular weight excluding hydrogens is 324 g/mol. The van der Waals surface area contributed by atoms with E-state index in [0.29, 0.717) is 0 Å². The Kier molecular flexibility index (Phi) is 4.46. The Morgan fingerprint density at radius 1 is 1.30 bits per heavy atom. The Balaban J connectivity index is 2.29. The van der Waals surface area contributed by atoms with Gasteiger partial charge in [-0.15, -0.1) is 0 Å². The predicted octanol–water partition coefficient (Wildman–Crippen LogP) is 4.06. The molecule has 1 aliphatic rings. The number of rotatable bonds is 2. The summed E-state index contributed by atoms with van der Waals surface area (Å²) in [4.78, 5) is 5.36. The molecule has 1 aromatic heterocycles. The molecule has 0 aromatic carbocycles. The molecule has 2 rings (SSSR count). The second-order valence-corrected chi connectivity index (χ2v) is 5.52. The van der Waals surface area contributed by atoms with Crippen LogP contribution in [0.5, 0.6) is 0 Å². The van der Waals surface area contributed by atoms with Crippen molar-refractivity contribution in [2.75, 3.05) is 18.0 Å². The zero-order valence-electron chi connectivity index (χ0n) is 12.1. The lowest BCUT2D eigenvalue weighted by molar-refractivity contribution is -0.143. The topological polar surface area (TPSA) is 39.9 Å². The lowest BCUT2D eigenvalue weighted by Gasteiger charge is -2.21. The smallest absolute Gasteiger partial charge is 0.356 e. The SMILES string of the molecule is Cc1nc(N2CC[C@H](CC(F)(F)F)C2)cc(C(F)(F)F)c1C#N. The van der Waals surface area contributed by atoms with Gasteiger partial charge in [0.05, 0.1) is 16.8 Å². The van der Waals surface area contributed by atoms with Gasteiger partial charge in [0.1, 0.15) is 11.9 Å². The molecule has 23 heavy (non-hydrogen) atoms. The van der Waals surface area contributed by atoms with E-state index in [1.807, 2.05) is 0 Å². The zero-order chi connectivity index (χ0) is 17.4. The Bertz CT molecular complexity index is 629. The molecule has 1 aromatic rings. The molecule has 0 unspecified atom stereocenters. The number of hydrogen-bond acceptors (Lipinski definition) is 3. The summed E-state index contributed by atoms with van der Waals surface area (Å²) in [5.74, 6) is -0.708. The van der Waals surface area contributed by atoms with Gasteiger partial charge >= 0.3 is 12.4 Å². The maximum atomic E-state index is 13.0. The third-order valence-corrected chi connectivity index (χ3v) is 3.73. The van der Waals surface area contributed by atoms with Crippen molar-refractivity contribution >= 4 is 5.82 Å². The summed E-state index contributed by atoms with van der Waals surface area (Å²) in [6.07, 6.45) is -9.75. The fourth-order valence-corrected chi connectivity index (χ4v) is 2.72. The van der Waals surface area contributed by atoms with Gasteiger partial charge in [-0.1, -0.05) is 0 Å². The van der Waals surface area contributed by atoms with Crippen LogP contribution >= 0.6 is 0 Å². The first-order chi connectivity index (χ1) is 10.5. The van der Waals surface area contributed by atoms with Gasteiger partial charge in [-0.05, 0) is 25.3 Å². The standard InChI is InChI=1S/C14H13F6N3/c1-8-10(6-21)11(14(18,19)20)4-12(22-8)23-3-2-9(7-23)5-13(15,16)17/h4,9H,2-3,5,7H2,1H3/t9-/m1/s1. The molecule has 0 aliphatic carbocycles. The third kappa shape index (κ3) is 4.06. The Hall–Kier alpha value is -1.98. The van der Waals surface area contributed by atoms with Crippen molar-refractivity contribution in [3.05, 3.63) is 22.9 Å². The van der Waals surface area contributed by atoms with Crippen LogP contribution in [0.3, 0.4) is 0 Å². The van der Waals surface area contributed by atoms with E-state index in [2.05, 4.69) is 4.98 Å². The van der Waals surface area contributed by atoms with Gasteiger partial charge < -0.3 is 4.90 Å². The molecule has 0 N–H and O–H groups in total. The highest BCUT2D eigenvalue weighted by molar-refractivity contribution is 5.52. The Morgan fingerprint density at radius 3 is 2.48 bits per heavy atom. The van der Waals surface area contributed by atoms with E-state index in [1.165, 1.54) is 17.9 Å². The van der Waals surface area contributed by atoms with Crippen molar-refractivity contribution in [2.45, 2.75) is 32.1 Å². The molecule has 0 radical (unpaired) electrons. The number of alkyl halides is 6. The van der Waals surface area contributed by atoms with Gasteiger partial charge in [-0.2, -0.15) is 31.6 Å². The summed E-state index contributed by atoms with van der Waals surface area (Å²) in [5, 5.41) is 8.86. The van der Waals surface area contributed by atoms with Crippen LogP contribution in [0, 0.1) is 24.2 Å². The van der Waals surface area contributed by atoms with E-state index >= 15 is 0 Å². The second-order valence-electron chi connectivity index (χ2n) is 5.52. The highest BCUT2D eigenvalue weighted by atomic mass is 19.4. The van der Waals surface area contributed by atoms with Gasteiger partial charge in [-0.3, -0.25) is 0 Å². The quantitative estimate of drug-likeness (QED) is 0.764. The number of aryl methyl sites for hydroxylation is 1. The first-order valence-corrected chi connectivity index (χ1v) is 6.82. The number of aromatic nitrogens is 1. The molecule has 0 spiro atoms. The summed E-state index contributed by atoms with van der Waals surface area (Å²) >= 11 is 0. The normalized spacial score (nSPS) is 19.0. The predicted molar refractivity (Wildman–Crippen MR) is 69.7 cm³/mol. The van der Waals surface area contributed by atoms with Crippen molar-refractivity contribution in [3.8, 4) is 6.07 Å². The summed E-state index contributed by atoms with van der Waals surface area (Å²) in [7, 11) is 0. The van der Waals surface area contributed by atoms with E-state index in [0.717, 1.165) is 6.07 Å². The first-order valence-electron chi connectivity index (χ1n) is 6.82. The molecule has 2 heterocycles.